The third-order valence-electron chi connectivity index (χ3n) is 3.73. The molecule has 0 spiro atoms. The molecule has 1 atom stereocenters. The van der Waals surface area contributed by atoms with Crippen LogP contribution in [0.2, 0.25) is 0 Å². The highest BCUT2D eigenvalue weighted by atomic mass is 32.2. The van der Waals surface area contributed by atoms with Crippen LogP contribution >= 0.6 is 11.8 Å². The van der Waals surface area contributed by atoms with Crippen molar-refractivity contribution in [1.82, 2.24) is 0 Å². The van der Waals surface area contributed by atoms with Crippen LogP contribution < -0.4 is 15.5 Å². The molecular weight excluding hydrogens is 294 g/mol. The lowest BCUT2D eigenvalue weighted by atomic mass is 10.1. The predicted octanol–water partition coefficient (Wildman–Crippen LogP) is 3.11. The number of nitrogens with zero attached hydrogens (tertiary/aromatic N) is 2. The van der Waals surface area contributed by atoms with Gasteiger partial charge in [0.25, 0.3) is 0 Å². The van der Waals surface area contributed by atoms with E-state index in [-0.39, 0.29) is 11.3 Å². The Hall–Kier alpha value is -2.14. The highest BCUT2D eigenvalue weighted by Crippen LogP contribution is 2.42. The van der Waals surface area contributed by atoms with Crippen LogP contribution in [0.3, 0.4) is 0 Å². The predicted molar refractivity (Wildman–Crippen MR) is 94.3 cm³/mol. The lowest BCUT2D eigenvalue weighted by Gasteiger charge is -2.25. The molecule has 0 aromatic heterocycles. The van der Waals surface area contributed by atoms with Gasteiger partial charge in [-0.15, -0.1) is 11.8 Å². The van der Waals surface area contributed by atoms with Crippen molar-refractivity contribution in [3.8, 4) is 0 Å². The first kappa shape index (κ1) is 14.8. The summed E-state index contributed by atoms with van der Waals surface area (Å²) in [5.74, 6) is 0.647. The smallest absolute Gasteiger partial charge is 0.238 e. The zero-order valence-corrected chi connectivity index (χ0v) is 13.5. The Morgan fingerprint density at radius 1 is 1.09 bits per heavy atom. The summed E-state index contributed by atoms with van der Waals surface area (Å²) in [5.41, 5.74) is 9.64. The second-order valence-electron chi connectivity index (χ2n) is 5.50. The third-order valence-corrected chi connectivity index (χ3v) is 4.95. The molecule has 1 saturated heterocycles. The van der Waals surface area contributed by atoms with E-state index in [4.69, 9.17) is 5.73 Å². The number of amides is 1. The molecule has 1 fully saturated rings. The number of rotatable bonds is 3. The van der Waals surface area contributed by atoms with Gasteiger partial charge in [0.15, 0.2) is 0 Å². The van der Waals surface area contributed by atoms with E-state index in [1.54, 1.807) is 11.8 Å². The molecule has 2 N–H and O–H groups in total. The molecule has 0 bridgehead atoms. The normalized spacial score (nSPS) is 17.8. The highest BCUT2D eigenvalue weighted by Gasteiger charge is 2.33. The van der Waals surface area contributed by atoms with Gasteiger partial charge in [-0.3, -0.25) is 9.69 Å². The molecule has 5 heteroatoms. The van der Waals surface area contributed by atoms with Crippen molar-refractivity contribution >= 4 is 34.7 Å². The molecule has 1 amide bonds. The number of benzene rings is 2. The summed E-state index contributed by atoms with van der Waals surface area (Å²) in [6.45, 7) is 0. The first-order chi connectivity index (χ1) is 10.6. The maximum absolute atomic E-state index is 12.3. The summed E-state index contributed by atoms with van der Waals surface area (Å²) in [7, 11) is 4.01. The average Bonchev–Trinajstić information content (AvgIpc) is 2.90. The van der Waals surface area contributed by atoms with Gasteiger partial charge < -0.3 is 10.6 Å². The lowest BCUT2D eigenvalue weighted by Crippen LogP contribution is -2.27. The second kappa shape index (κ2) is 5.93. The van der Waals surface area contributed by atoms with Gasteiger partial charge >= 0.3 is 0 Å². The molecule has 0 radical (unpaired) electrons. The lowest BCUT2D eigenvalue weighted by molar-refractivity contribution is -0.115. The zero-order chi connectivity index (χ0) is 15.7. The first-order valence-corrected chi connectivity index (χ1v) is 8.17. The number of carbonyl (C=O) groups is 1. The van der Waals surface area contributed by atoms with E-state index in [2.05, 4.69) is 0 Å². The number of nitrogen functional groups attached to an aromatic ring is 1. The fourth-order valence-electron chi connectivity index (χ4n) is 2.52. The molecule has 22 heavy (non-hydrogen) atoms. The zero-order valence-electron chi connectivity index (χ0n) is 12.7. The SMILES string of the molecule is CN(C)c1ccc(N2C(=O)CS[C@@H]2c2ccc(N)cc2)cc1. The van der Waals surface area contributed by atoms with Crippen molar-refractivity contribution < 1.29 is 4.79 Å². The van der Waals surface area contributed by atoms with Gasteiger partial charge in [0.2, 0.25) is 5.91 Å². The van der Waals surface area contributed by atoms with E-state index in [9.17, 15) is 4.79 Å². The first-order valence-electron chi connectivity index (χ1n) is 7.13. The average molecular weight is 313 g/mol. The molecule has 4 nitrogen and oxygen atoms in total. The fourth-order valence-corrected chi connectivity index (χ4v) is 3.70. The minimum Gasteiger partial charge on any atom is -0.399 e. The number of hydrogen-bond acceptors (Lipinski definition) is 4. The van der Waals surface area contributed by atoms with Gasteiger partial charge in [0.05, 0.1) is 5.75 Å². The van der Waals surface area contributed by atoms with E-state index in [0.717, 1.165) is 22.6 Å². The quantitative estimate of drug-likeness (QED) is 0.885. The van der Waals surface area contributed by atoms with Crippen LogP contribution in [0.1, 0.15) is 10.9 Å². The molecule has 0 aliphatic carbocycles. The Balaban J connectivity index is 1.92. The van der Waals surface area contributed by atoms with E-state index in [1.807, 2.05) is 72.4 Å². The Bertz CT molecular complexity index is 667. The minimum atomic E-state index is 0.0123. The molecule has 0 saturated carbocycles. The Kier molecular flexibility index (Phi) is 3.98. The number of thioether (sulfide) groups is 1. The van der Waals surface area contributed by atoms with E-state index < -0.39 is 0 Å². The van der Waals surface area contributed by atoms with Crippen LogP contribution in [0, 0.1) is 0 Å². The number of carbonyl (C=O) groups excluding carboxylic acids is 1. The Labute approximate surface area is 134 Å². The topological polar surface area (TPSA) is 49.6 Å². The summed E-state index contributed by atoms with van der Waals surface area (Å²) in [5, 5.41) is 0.0123. The van der Waals surface area contributed by atoms with Crippen molar-refractivity contribution in [2.24, 2.45) is 0 Å². The summed E-state index contributed by atoms with van der Waals surface area (Å²) >= 11 is 1.65. The molecule has 2 aromatic rings. The molecule has 3 rings (SSSR count). The standard InChI is InChI=1S/C17H19N3OS/c1-19(2)14-7-9-15(10-8-14)20-16(21)11-22-17(20)12-3-5-13(18)6-4-12/h3-10,17H,11,18H2,1-2H3/t17-/m1/s1. The van der Waals surface area contributed by atoms with Crippen LogP contribution in [-0.4, -0.2) is 25.8 Å². The van der Waals surface area contributed by atoms with Crippen LogP contribution in [0.4, 0.5) is 17.1 Å². The monoisotopic (exact) mass is 313 g/mol. The molecule has 114 valence electrons. The van der Waals surface area contributed by atoms with E-state index in [0.29, 0.717) is 5.75 Å². The summed E-state index contributed by atoms with van der Waals surface area (Å²) in [6, 6.07) is 15.8. The van der Waals surface area contributed by atoms with Crippen LogP contribution in [0.5, 0.6) is 0 Å². The molecule has 1 aliphatic rings. The maximum Gasteiger partial charge on any atom is 0.238 e. The fraction of sp³-hybridized carbons (Fsp3) is 0.235. The summed E-state index contributed by atoms with van der Waals surface area (Å²) in [4.78, 5) is 16.2. The molecule has 0 unspecified atom stereocenters. The van der Waals surface area contributed by atoms with Crippen LogP contribution in [0.15, 0.2) is 48.5 Å². The molecule has 2 aromatic carbocycles. The number of hydrogen-bond donors (Lipinski definition) is 1. The molecular formula is C17H19N3OS. The molecule has 1 heterocycles. The number of nitrogens with two attached hydrogens (primary N) is 1. The summed E-state index contributed by atoms with van der Waals surface area (Å²) < 4.78 is 0. The van der Waals surface area contributed by atoms with Gasteiger partial charge in [-0.1, -0.05) is 12.1 Å². The molecule has 1 aliphatic heterocycles. The van der Waals surface area contributed by atoms with E-state index >= 15 is 0 Å². The van der Waals surface area contributed by atoms with Crippen LogP contribution in [-0.2, 0) is 4.79 Å². The van der Waals surface area contributed by atoms with Gasteiger partial charge in [0, 0.05) is 31.2 Å². The van der Waals surface area contributed by atoms with Gasteiger partial charge in [-0.25, -0.2) is 0 Å². The van der Waals surface area contributed by atoms with Crippen molar-refractivity contribution in [1.29, 1.82) is 0 Å². The Morgan fingerprint density at radius 2 is 1.73 bits per heavy atom. The second-order valence-corrected chi connectivity index (χ2v) is 6.57. The third kappa shape index (κ3) is 2.76. The maximum atomic E-state index is 12.3. The number of anilines is 3. The summed E-state index contributed by atoms with van der Waals surface area (Å²) in [6.07, 6.45) is 0. The van der Waals surface area contributed by atoms with Crippen molar-refractivity contribution in [2.75, 3.05) is 35.4 Å². The van der Waals surface area contributed by atoms with Crippen LogP contribution in [0.25, 0.3) is 0 Å². The van der Waals surface area contributed by atoms with Crippen molar-refractivity contribution in [3.63, 3.8) is 0 Å². The Morgan fingerprint density at radius 3 is 2.32 bits per heavy atom. The van der Waals surface area contributed by atoms with Crippen molar-refractivity contribution in [2.45, 2.75) is 5.37 Å². The van der Waals surface area contributed by atoms with E-state index in [1.165, 1.54) is 0 Å². The van der Waals surface area contributed by atoms with Gasteiger partial charge in [-0.05, 0) is 42.0 Å². The minimum absolute atomic E-state index is 0.0123. The highest BCUT2D eigenvalue weighted by molar-refractivity contribution is 8.00. The van der Waals surface area contributed by atoms with Gasteiger partial charge in [0.1, 0.15) is 5.37 Å². The largest absolute Gasteiger partial charge is 0.399 e. The van der Waals surface area contributed by atoms with Gasteiger partial charge in [-0.2, -0.15) is 0 Å². The van der Waals surface area contributed by atoms with Crippen molar-refractivity contribution in [3.05, 3.63) is 54.1 Å².